The van der Waals surface area contributed by atoms with Crippen molar-refractivity contribution >= 4 is 33.2 Å². The lowest BCUT2D eigenvalue weighted by atomic mass is 10.1. The standard InChI is InChI=1S/C21H19ClN2O3S/c22-18-12-10-17(11-13-18)15-28(26,27)24-20-9-5-4-8-19(20)21(25)23-14-16-6-2-1-3-7-16/h1-13,24H,14-15H2,(H,23,25). The lowest BCUT2D eigenvalue weighted by molar-refractivity contribution is 0.0952. The highest BCUT2D eigenvalue weighted by atomic mass is 35.5. The van der Waals surface area contributed by atoms with Crippen molar-refractivity contribution in [1.82, 2.24) is 5.32 Å². The molecular weight excluding hydrogens is 396 g/mol. The molecule has 0 fully saturated rings. The maximum Gasteiger partial charge on any atom is 0.253 e. The topological polar surface area (TPSA) is 75.3 Å². The SMILES string of the molecule is O=C(NCc1ccccc1)c1ccccc1NS(=O)(=O)Cc1ccc(Cl)cc1. The highest BCUT2D eigenvalue weighted by molar-refractivity contribution is 7.91. The fourth-order valence-corrected chi connectivity index (χ4v) is 3.99. The molecule has 0 unspecified atom stereocenters. The van der Waals surface area contributed by atoms with E-state index in [9.17, 15) is 13.2 Å². The number of hydrogen-bond acceptors (Lipinski definition) is 3. The van der Waals surface area contributed by atoms with Crippen molar-refractivity contribution in [2.75, 3.05) is 4.72 Å². The van der Waals surface area contributed by atoms with Crippen molar-refractivity contribution < 1.29 is 13.2 Å². The Morgan fingerprint density at radius 3 is 2.18 bits per heavy atom. The second-order valence-corrected chi connectivity index (χ2v) is 8.36. The van der Waals surface area contributed by atoms with Crippen molar-refractivity contribution in [2.45, 2.75) is 12.3 Å². The number of carbonyl (C=O) groups is 1. The van der Waals surface area contributed by atoms with E-state index < -0.39 is 10.0 Å². The maximum atomic E-state index is 12.6. The Labute approximate surface area is 169 Å². The Morgan fingerprint density at radius 2 is 1.46 bits per heavy atom. The molecule has 3 aromatic carbocycles. The number of nitrogens with one attached hydrogen (secondary N) is 2. The van der Waals surface area contributed by atoms with Gasteiger partial charge in [-0.1, -0.05) is 66.2 Å². The highest BCUT2D eigenvalue weighted by Crippen LogP contribution is 2.19. The van der Waals surface area contributed by atoms with Crippen LogP contribution in [-0.4, -0.2) is 14.3 Å². The van der Waals surface area contributed by atoms with Gasteiger partial charge in [0, 0.05) is 11.6 Å². The van der Waals surface area contributed by atoms with E-state index >= 15 is 0 Å². The fraction of sp³-hybridized carbons (Fsp3) is 0.0952. The molecule has 0 aliphatic rings. The molecule has 0 atom stereocenters. The van der Waals surface area contributed by atoms with Crippen LogP contribution in [0.3, 0.4) is 0 Å². The Balaban J connectivity index is 1.72. The first-order valence-corrected chi connectivity index (χ1v) is 10.6. The first kappa shape index (κ1) is 19.9. The molecule has 2 N–H and O–H groups in total. The van der Waals surface area contributed by atoms with Gasteiger partial charge in [-0.3, -0.25) is 9.52 Å². The molecule has 0 bridgehead atoms. The van der Waals surface area contributed by atoms with Crippen LogP contribution in [0.25, 0.3) is 0 Å². The van der Waals surface area contributed by atoms with Gasteiger partial charge in [-0.25, -0.2) is 8.42 Å². The number of amides is 1. The Morgan fingerprint density at radius 1 is 0.821 bits per heavy atom. The summed E-state index contributed by atoms with van der Waals surface area (Å²) in [5.41, 5.74) is 2.06. The van der Waals surface area contributed by atoms with E-state index in [-0.39, 0.29) is 22.9 Å². The summed E-state index contributed by atoms with van der Waals surface area (Å²) >= 11 is 5.83. The van der Waals surface area contributed by atoms with Crippen molar-refractivity contribution in [1.29, 1.82) is 0 Å². The minimum Gasteiger partial charge on any atom is -0.348 e. The van der Waals surface area contributed by atoms with Gasteiger partial charge in [-0.15, -0.1) is 0 Å². The average molecular weight is 415 g/mol. The summed E-state index contributed by atoms with van der Waals surface area (Å²) in [4.78, 5) is 12.6. The molecule has 0 aliphatic heterocycles. The third-order valence-electron chi connectivity index (χ3n) is 4.00. The van der Waals surface area contributed by atoms with Crippen molar-refractivity contribution in [2.24, 2.45) is 0 Å². The molecular formula is C21H19ClN2O3S. The van der Waals surface area contributed by atoms with E-state index in [2.05, 4.69) is 10.0 Å². The summed E-state index contributed by atoms with van der Waals surface area (Å²) < 4.78 is 27.6. The first-order chi connectivity index (χ1) is 13.4. The number of anilines is 1. The lowest BCUT2D eigenvalue weighted by Crippen LogP contribution is -2.25. The molecule has 0 aliphatic carbocycles. The van der Waals surface area contributed by atoms with Crippen molar-refractivity contribution in [3.8, 4) is 0 Å². The largest absolute Gasteiger partial charge is 0.348 e. The van der Waals surface area contributed by atoms with Crippen LogP contribution in [0.2, 0.25) is 5.02 Å². The van der Waals surface area contributed by atoms with Gasteiger partial charge >= 0.3 is 0 Å². The van der Waals surface area contributed by atoms with Gasteiger partial charge in [0.15, 0.2) is 0 Å². The Bertz CT molecular complexity index is 1050. The van der Waals surface area contributed by atoms with Crippen molar-refractivity contribution in [3.05, 3.63) is 101 Å². The Hall–Kier alpha value is -2.83. The number of benzene rings is 3. The number of carbonyl (C=O) groups excluding carboxylic acids is 1. The zero-order chi connectivity index (χ0) is 20.0. The molecule has 0 aromatic heterocycles. The van der Waals surface area contributed by atoms with Crippen LogP contribution >= 0.6 is 11.6 Å². The molecule has 0 radical (unpaired) electrons. The number of sulfonamides is 1. The molecule has 0 spiro atoms. The van der Waals surface area contributed by atoms with E-state index in [1.54, 1.807) is 48.5 Å². The van der Waals surface area contributed by atoms with Crippen LogP contribution in [0.15, 0.2) is 78.9 Å². The van der Waals surface area contributed by atoms with Gasteiger partial charge in [0.05, 0.1) is 17.0 Å². The van der Waals surface area contributed by atoms with Crippen LogP contribution < -0.4 is 10.0 Å². The van der Waals surface area contributed by atoms with E-state index in [1.165, 1.54) is 0 Å². The monoisotopic (exact) mass is 414 g/mol. The number of hydrogen-bond donors (Lipinski definition) is 2. The molecule has 28 heavy (non-hydrogen) atoms. The Kier molecular flexibility index (Phi) is 6.34. The summed E-state index contributed by atoms with van der Waals surface area (Å²) in [5.74, 6) is -0.571. The van der Waals surface area contributed by atoms with Gasteiger partial charge < -0.3 is 5.32 Å². The molecule has 3 aromatic rings. The van der Waals surface area contributed by atoms with E-state index in [1.807, 2.05) is 30.3 Å². The van der Waals surface area contributed by atoms with Crippen LogP contribution in [0.4, 0.5) is 5.69 Å². The van der Waals surface area contributed by atoms with Gasteiger partial charge in [0.2, 0.25) is 10.0 Å². The summed E-state index contributed by atoms with van der Waals surface area (Å²) in [5, 5.41) is 3.35. The van der Waals surface area contributed by atoms with Gasteiger partial charge in [0.25, 0.3) is 5.91 Å². The minimum absolute atomic E-state index is 0.218. The summed E-state index contributed by atoms with van der Waals surface area (Å²) in [6, 6.07) is 22.6. The molecule has 1 amide bonds. The number of halogens is 1. The predicted octanol–water partition coefficient (Wildman–Crippen LogP) is 4.21. The second-order valence-electron chi connectivity index (χ2n) is 6.20. The van der Waals surface area contributed by atoms with Crippen molar-refractivity contribution in [3.63, 3.8) is 0 Å². The average Bonchev–Trinajstić information content (AvgIpc) is 2.68. The van der Waals surface area contributed by atoms with Gasteiger partial charge in [-0.05, 0) is 35.4 Å². The summed E-state index contributed by atoms with van der Waals surface area (Å²) in [6.45, 7) is 0.353. The molecule has 5 nitrogen and oxygen atoms in total. The summed E-state index contributed by atoms with van der Waals surface area (Å²) in [7, 11) is -3.70. The van der Waals surface area contributed by atoms with Gasteiger partial charge in [0.1, 0.15) is 0 Å². The highest BCUT2D eigenvalue weighted by Gasteiger charge is 2.17. The van der Waals surface area contributed by atoms with Crippen LogP contribution in [0.5, 0.6) is 0 Å². The van der Waals surface area contributed by atoms with E-state index in [0.29, 0.717) is 17.1 Å². The quantitative estimate of drug-likeness (QED) is 0.608. The molecule has 0 saturated carbocycles. The molecule has 0 saturated heterocycles. The normalized spacial score (nSPS) is 11.0. The van der Waals surface area contributed by atoms with Crippen LogP contribution in [0.1, 0.15) is 21.5 Å². The van der Waals surface area contributed by atoms with Gasteiger partial charge in [-0.2, -0.15) is 0 Å². The smallest absolute Gasteiger partial charge is 0.253 e. The zero-order valence-electron chi connectivity index (χ0n) is 14.9. The molecule has 7 heteroatoms. The third kappa shape index (κ3) is 5.58. The lowest BCUT2D eigenvalue weighted by Gasteiger charge is -2.13. The molecule has 0 heterocycles. The van der Waals surface area contributed by atoms with E-state index in [0.717, 1.165) is 5.56 Å². The van der Waals surface area contributed by atoms with Crippen LogP contribution in [-0.2, 0) is 22.3 Å². The second kappa shape index (κ2) is 8.91. The fourth-order valence-electron chi connectivity index (χ4n) is 2.65. The third-order valence-corrected chi connectivity index (χ3v) is 5.50. The van der Waals surface area contributed by atoms with Crippen LogP contribution in [0, 0.1) is 0 Å². The predicted molar refractivity (Wildman–Crippen MR) is 112 cm³/mol. The maximum absolute atomic E-state index is 12.6. The minimum atomic E-state index is -3.70. The first-order valence-electron chi connectivity index (χ1n) is 8.59. The van der Waals surface area contributed by atoms with E-state index in [4.69, 9.17) is 11.6 Å². The molecule has 3 rings (SSSR count). The zero-order valence-corrected chi connectivity index (χ0v) is 16.5. The number of rotatable bonds is 7. The summed E-state index contributed by atoms with van der Waals surface area (Å²) in [6.07, 6.45) is 0. The number of para-hydroxylation sites is 1. The molecule has 144 valence electrons.